The van der Waals surface area contributed by atoms with Gasteiger partial charge in [-0.3, -0.25) is 4.21 Å². The molecule has 4 N–H and O–H groups in total. The zero-order chi connectivity index (χ0) is 13.8. The highest BCUT2D eigenvalue weighted by Gasteiger charge is 2.20. The maximum absolute atomic E-state index is 12.0. The summed E-state index contributed by atoms with van der Waals surface area (Å²) in [6.07, 6.45) is 2.95. The molecule has 0 saturated heterocycles. The fraction of sp³-hybridized carbons (Fsp3) is 0.444. The van der Waals surface area contributed by atoms with E-state index in [1.165, 1.54) is 24.6 Å². The molecule has 0 aliphatic carbocycles. The van der Waals surface area contributed by atoms with Gasteiger partial charge in [-0.05, 0) is 19.1 Å². The van der Waals surface area contributed by atoms with Crippen molar-refractivity contribution in [3.63, 3.8) is 0 Å². The Kier molecular flexibility index (Phi) is 5.20. The van der Waals surface area contributed by atoms with Crippen LogP contribution in [0.2, 0.25) is 0 Å². The molecule has 1 aromatic rings. The Bertz CT molecular complexity index is 532. The smallest absolute Gasteiger partial charge is 0.244 e. The standard InChI is InChI=1S/C9H16N4O3S2/c1-7(17(2)14)6-12-18(15,16)8-4-3-5-11-9(8)13-10/h3-5,7,12H,6,10H2,1-2H3,(H,11,13). The summed E-state index contributed by atoms with van der Waals surface area (Å²) in [5.74, 6) is 5.26. The summed E-state index contributed by atoms with van der Waals surface area (Å²) in [5, 5.41) is -0.272. The van der Waals surface area contributed by atoms with Gasteiger partial charge in [0.1, 0.15) is 4.90 Å². The molecule has 1 aromatic heterocycles. The Morgan fingerprint density at radius 3 is 2.78 bits per heavy atom. The molecule has 7 nitrogen and oxygen atoms in total. The summed E-state index contributed by atoms with van der Waals surface area (Å²) in [7, 11) is -4.81. The van der Waals surface area contributed by atoms with E-state index in [9.17, 15) is 12.6 Å². The molecule has 0 amide bonds. The highest BCUT2D eigenvalue weighted by atomic mass is 32.2. The molecule has 2 atom stereocenters. The molecule has 0 aliphatic heterocycles. The SMILES string of the molecule is CC(CNS(=O)(=O)c1cccnc1NN)S(C)=O. The maximum atomic E-state index is 12.0. The molecule has 0 aliphatic rings. The first-order valence-electron chi connectivity index (χ1n) is 5.12. The second-order valence-electron chi connectivity index (χ2n) is 3.66. The third kappa shape index (κ3) is 3.73. The lowest BCUT2D eigenvalue weighted by molar-refractivity contribution is 0.580. The number of pyridine rings is 1. The molecule has 0 aromatic carbocycles. The molecule has 1 heterocycles. The van der Waals surface area contributed by atoms with E-state index in [0.29, 0.717) is 0 Å². The Morgan fingerprint density at radius 1 is 1.56 bits per heavy atom. The van der Waals surface area contributed by atoms with Crippen LogP contribution in [-0.2, 0) is 20.8 Å². The van der Waals surface area contributed by atoms with Crippen molar-refractivity contribution in [2.75, 3.05) is 18.2 Å². The van der Waals surface area contributed by atoms with E-state index in [-0.39, 0.29) is 22.5 Å². The zero-order valence-corrected chi connectivity index (χ0v) is 11.7. The van der Waals surface area contributed by atoms with Crippen molar-refractivity contribution in [1.29, 1.82) is 0 Å². The average Bonchev–Trinajstić information content (AvgIpc) is 2.35. The van der Waals surface area contributed by atoms with Crippen LogP contribution in [0.25, 0.3) is 0 Å². The van der Waals surface area contributed by atoms with E-state index >= 15 is 0 Å². The summed E-state index contributed by atoms with van der Waals surface area (Å²) in [6.45, 7) is 1.79. The van der Waals surface area contributed by atoms with E-state index in [1.807, 2.05) is 0 Å². The number of sulfonamides is 1. The van der Waals surface area contributed by atoms with Gasteiger partial charge in [-0.2, -0.15) is 0 Å². The molecule has 1 rings (SSSR count). The fourth-order valence-electron chi connectivity index (χ4n) is 1.14. The van der Waals surface area contributed by atoms with Crippen LogP contribution in [0.1, 0.15) is 6.92 Å². The molecule has 9 heteroatoms. The first kappa shape index (κ1) is 15.0. The van der Waals surface area contributed by atoms with Crippen LogP contribution < -0.4 is 16.0 Å². The Hall–Kier alpha value is -1.03. The lowest BCUT2D eigenvalue weighted by atomic mass is 10.5. The number of nitrogens with two attached hydrogens (primary N) is 1. The third-order valence-corrected chi connectivity index (χ3v) is 5.08. The second-order valence-corrected chi connectivity index (χ2v) is 7.19. The summed E-state index contributed by atoms with van der Waals surface area (Å²) in [6, 6.07) is 2.88. The molecule has 102 valence electrons. The van der Waals surface area contributed by atoms with Crippen molar-refractivity contribution >= 4 is 26.6 Å². The van der Waals surface area contributed by atoms with Gasteiger partial charge >= 0.3 is 0 Å². The van der Waals surface area contributed by atoms with Gasteiger partial charge in [0.15, 0.2) is 5.82 Å². The zero-order valence-electron chi connectivity index (χ0n) is 10.1. The molecule has 18 heavy (non-hydrogen) atoms. The van der Waals surface area contributed by atoms with Gasteiger partial charge in [-0.25, -0.2) is 24.0 Å². The predicted molar refractivity (Wildman–Crippen MR) is 70.8 cm³/mol. The van der Waals surface area contributed by atoms with Crippen LogP contribution >= 0.6 is 0 Å². The molecule has 0 spiro atoms. The van der Waals surface area contributed by atoms with E-state index in [0.717, 1.165) is 0 Å². The molecule has 0 radical (unpaired) electrons. The van der Waals surface area contributed by atoms with Gasteiger partial charge in [0.05, 0.1) is 0 Å². The topological polar surface area (TPSA) is 114 Å². The number of anilines is 1. The summed E-state index contributed by atoms with van der Waals surface area (Å²) in [4.78, 5) is 3.77. The van der Waals surface area contributed by atoms with Crippen molar-refractivity contribution in [2.45, 2.75) is 17.1 Å². The van der Waals surface area contributed by atoms with Gasteiger partial charge in [0.25, 0.3) is 0 Å². The highest BCUT2D eigenvalue weighted by molar-refractivity contribution is 7.89. The van der Waals surface area contributed by atoms with Gasteiger partial charge < -0.3 is 5.43 Å². The first-order valence-corrected chi connectivity index (χ1v) is 8.22. The quantitative estimate of drug-likeness (QED) is 0.477. The fourth-order valence-corrected chi connectivity index (χ4v) is 2.81. The molecule has 0 saturated carbocycles. The van der Waals surface area contributed by atoms with E-state index in [4.69, 9.17) is 5.84 Å². The van der Waals surface area contributed by atoms with Gasteiger partial charge in [0.2, 0.25) is 10.0 Å². The lowest BCUT2D eigenvalue weighted by Crippen LogP contribution is -2.33. The van der Waals surface area contributed by atoms with Crippen molar-refractivity contribution in [2.24, 2.45) is 5.84 Å². The predicted octanol–water partition coefficient (Wildman–Crippen LogP) is -0.587. The van der Waals surface area contributed by atoms with Crippen molar-refractivity contribution < 1.29 is 12.6 Å². The Labute approximate surface area is 109 Å². The van der Waals surface area contributed by atoms with Gasteiger partial charge in [-0.15, -0.1) is 0 Å². The average molecular weight is 292 g/mol. The minimum Gasteiger partial charge on any atom is -0.307 e. The summed E-state index contributed by atoms with van der Waals surface area (Å²) >= 11 is 0. The first-order chi connectivity index (χ1) is 8.38. The van der Waals surface area contributed by atoms with Crippen LogP contribution in [0.5, 0.6) is 0 Å². The minimum absolute atomic E-state index is 0.0402. The number of hydrogen-bond donors (Lipinski definition) is 3. The minimum atomic E-state index is -3.72. The summed E-state index contributed by atoms with van der Waals surface area (Å²) < 4.78 is 37.5. The maximum Gasteiger partial charge on any atom is 0.244 e. The van der Waals surface area contributed by atoms with Gasteiger partial charge in [-0.1, -0.05) is 0 Å². The van der Waals surface area contributed by atoms with Crippen molar-refractivity contribution in [1.82, 2.24) is 9.71 Å². The molecular weight excluding hydrogens is 276 g/mol. The molecule has 2 unspecified atom stereocenters. The number of aromatic nitrogens is 1. The van der Waals surface area contributed by atoms with Crippen LogP contribution in [0.3, 0.4) is 0 Å². The number of nitrogens with zero attached hydrogens (tertiary/aromatic N) is 1. The second kappa shape index (κ2) is 6.23. The number of hydrazine groups is 1. The van der Waals surface area contributed by atoms with E-state index in [1.54, 1.807) is 6.92 Å². The van der Waals surface area contributed by atoms with Crippen LogP contribution in [-0.4, -0.2) is 35.7 Å². The van der Waals surface area contributed by atoms with Gasteiger partial charge in [0, 0.05) is 35.0 Å². The largest absolute Gasteiger partial charge is 0.307 e. The van der Waals surface area contributed by atoms with E-state index in [2.05, 4.69) is 15.1 Å². The Balaban J connectivity index is 2.90. The third-order valence-electron chi connectivity index (χ3n) is 2.32. The molecule has 0 bridgehead atoms. The van der Waals surface area contributed by atoms with Crippen molar-refractivity contribution in [3.05, 3.63) is 18.3 Å². The number of nitrogens with one attached hydrogen (secondary N) is 2. The monoisotopic (exact) mass is 292 g/mol. The van der Waals surface area contributed by atoms with E-state index < -0.39 is 20.8 Å². The van der Waals surface area contributed by atoms with Crippen LogP contribution in [0, 0.1) is 0 Å². The number of nitrogen functional groups attached to an aromatic ring is 1. The van der Waals surface area contributed by atoms with Crippen molar-refractivity contribution in [3.8, 4) is 0 Å². The number of hydrogen-bond acceptors (Lipinski definition) is 6. The highest BCUT2D eigenvalue weighted by Crippen LogP contribution is 2.16. The molecule has 0 fully saturated rings. The lowest BCUT2D eigenvalue weighted by Gasteiger charge is -2.12. The van der Waals surface area contributed by atoms with Crippen LogP contribution in [0.4, 0.5) is 5.82 Å². The number of rotatable bonds is 6. The summed E-state index contributed by atoms with van der Waals surface area (Å²) in [5.41, 5.74) is 2.22. The molecular formula is C9H16N4O3S2. The normalized spacial score (nSPS) is 15.1. The Morgan fingerprint density at radius 2 is 2.22 bits per heavy atom. The van der Waals surface area contributed by atoms with Crippen LogP contribution in [0.15, 0.2) is 23.2 Å².